The summed E-state index contributed by atoms with van der Waals surface area (Å²) in [5, 5.41) is 11.6. The normalized spacial score (nSPS) is 14.8. The van der Waals surface area contributed by atoms with Gasteiger partial charge in [-0.2, -0.15) is 0 Å². The van der Waals surface area contributed by atoms with Gasteiger partial charge < -0.3 is 33.5 Å². The van der Waals surface area contributed by atoms with Crippen LogP contribution in [-0.4, -0.2) is 135 Å². The van der Waals surface area contributed by atoms with Gasteiger partial charge in [-0.3, -0.25) is 24.3 Å². The summed E-state index contributed by atoms with van der Waals surface area (Å²) in [7, 11) is -3.23. The van der Waals surface area contributed by atoms with Crippen molar-refractivity contribution in [2.24, 2.45) is 0 Å². The van der Waals surface area contributed by atoms with Crippen molar-refractivity contribution in [2.75, 3.05) is 33.7 Å². The van der Waals surface area contributed by atoms with Crippen LogP contribution in [0.15, 0.2) is 46.8 Å². The van der Waals surface area contributed by atoms with E-state index in [0.29, 0.717) is 0 Å². The Kier molecular flexibility index (Phi) is 18.2. The Labute approximate surface area is 313 Å². The van der Waals surface area contributed by atoms with Gasteiger partial charge in [-0.25, -0.2) is 18.9 Å². The minimum absolute atomic E-state index is 0. The molecule has 17 nitrogen and oxygen atoms in total. The van der Waals surface area contributed by atoms with E-state index in [1.165, 1.54) is 45.2 Å². The van der Waals surface area contributed by atoms with E-state index in [1.807, 2.05) is 0 Å². The fourth-order valence-corrected chi connectivity index (χ4v) is 4.79. The van der Waals surface area contributed by atoms with Crippen LogP contribution in [0.2, 0.25) is 0 Å². The molecule has 1 atom stereocenters. The molecule has 19 heteroatoms. The van der Waals surface area contributed by atoms with Crippen LogP contribution < -0.4 is 0 Å². The Bertz CT molecular complexity index is 1420. The third-order valence-electron chi connectivity index (χ3n) is 6.36. The summed E-state index contributed by atoms with van der Waals surface area (Å²) < 4.78 is 40.8. The predicted molar refractivity (Wildman–Crippen MR) is 164 cm³/mol. The van der Waals surface area contributed by atoms with Gasteiger partial charge in [0.1, 0.15) is 6.61 Å². The van der Waals surface area contributed by atoms with E-state index < -0.39 is 55.6 Å². The molecule has 2 rings (SSSR count). The molecule has 1 unspecified atom stereocenters. The van der Waals surface area contributed by atoms with Crippen LogP contribution >= 0.6 is 7.82 Å². The van der Waals surface area contributed by atoms with Crippen LogP contribution in [0.25, 0.3) is 0 Å². The number of nitro groups is 1. The quantitative estimate of drug-likeness (QED) is 0.0367. The SMILES string of the molecule is COCCOC(=O)C1=C(C)N(C(=O)OCOC(=O)CCCCOP(=O)(O)O)C(C)=C(C(=O)OC(C)C)C1c1cccc([N+](=O)[O-])c1.[KH]. The second-order valence-corrected chi connectivity index (χ2v) is 11.3. The topological polar surface area (TPSA) is 228 Å². The number of phosphoric acid groups is 1. The minimum atomic E-state index is -4.62. The van der Waals surface area contributed by atoms with E-state index >= 15 is 0 Å². The molecule has 0 saturated carbocycles. The van der Waals surface area contributed by atoms with Crippen molar-refractivity contribution in [1.29, 1.82) is 0 Å². The maximum atomic E-state index is 13.5. The van der Waals surface area contributed by atoms with Crippen molar-refractivity contribution in [3.63, 3.8) is 0 Å². The molecule has 1 aliphatic heterocycles. The molecule has 1 heterocycles. The predicted octanol–water partition coefficient (Wildman–Crippen LogP) is 2.95. The van der Waals surface area contributed by atoms with Crippen molar-refractivity contribution in [2.45, 2.75) is 59.0 Å². The standard InChI is InChI=1S/C28H37N2O15P.K.H/c1-17(2)45-27(33)24-19(4)29(28(34)43-16-42-22(31)11-6-7-12-44-46(37,38)39)18(3)23(26(32)41-14-13-40-5)25(24)20-9-8-10-21(15-20)30(35)36;;/h8-10,15,17,25H,6-7,11-14,16H2,1-5H3,(H2,37,38,39);;. The molecule has 256 valence electrons. The molecule has 0 aliphatic carbocycles. The van der Waals surface area contributed by atoms with E-state index in [9.17, 15) is 33.9 Å². The number of benzene rings is 1. The van der Waals surface area contributed by atoms with E-state index in [2.05, 4.69) is 4.52 Å². The summed E-state index contributed by atoms with van der Waals surface area (Å²) in [6.45, 7) is 4.67. The molecule has 2 N–H and O–H groups in total. The molecule has 1 aromatic rings. The second kappa shape index (κ2) is 20.1. The number of non-ortho nitro benzene ring substituents is 1. The Morgan fingerprint density at radius 2 is 1.62 bits per heavy atom. The van der Waals surface area contributed by atoms with Crippen molar-refractivity contribution in [1.82, 2.24) is 4.90 Å². The number of amides is 1. The number of nitro benzene ring substituents is 1. The number of rotatable bonds is 16. The average molecular weight is 713 g/mol. The Morgan fingerprint density at radius 3 is 2.19 bits per heavy atom. The average Bonchev–Trinajstić information content (AvgIpc) is 2.95. The van der Waals surface area contributed by atoms with Gasteiger partial charge in [-0.05, 0) is 46.1 Å². The molecule has 1 aromatic carbocycles. The zero-order chi connectivity index (χ0) is 34.6. The third kappa shape index (κ3) is 13.1. The first-order chi connectivity index (χ1) is 21.6. The van der Waals surface area contributed by atoms with Crippen LogP contribution in [0.3, 0.4) is 0 Å². The number of hydrogen-bond acceptors (Lipinski definition) is 13. The van der Waals surface area contributed by atoms with Gasteiger partial charge in [0.25, 0.3) is 5.69 Å². The van der Waals surface area contributed by atoms with Gasteiger partial charge in [-0.1, -0.05) is 12.1 Å². The summed E-state index contributed by atoms with van der Waals surface area (Å²) >= 11 is 0. The van der Waals surface area contributed by atoms with Crippen molar-refractivity contribution >= 4 is 88.9 Å². The summed E-state index contributed by atoms with van der Waals surface area (Å²) in [4.78, 5) is 81.6. The molecular weight excluding hydrogens is 674 g/mol. The molecule has 0 bridgehead atoms. The van der Waals surface area contributed by atoms with Gasteiger partial charge in [0.2, 0.25) is 6.79 Å². The maximum absolute atomic E-state index is 13.5. The van der Waals surface area contributed by atoms with Gasteiger partial charge in [-0.15, -0.1) is 0 Å². The van der Waals surface area contributed by atoms with Crippen molar-refractivity contribution < 1.29 is 66.7 Å². The third-order valence-corrected chi connectivity index (χ3v) is 6.88. The molecule has 1 amide bonds. The Balaban J connectivity index is 0.0000110. The number of ether oxygens (including phenoxy) is 5. The fourth-order valence-electron chi connectivity index (χ4n) is 4.42. The van der Waals surface area contributed by atoms with Crippen LogP contribution in [-0.2, 0) is 47.2 Å². The fraction of sp³-hybridized carbons (Fsp3) is 0.500. The Hall–Kier alpha value is -2.51. The van der Waals surface area contributed by atoms with Gasteiger partial charge in [0.05, 0.1) is 41.3 Å². The summed E-state index contributed by atoms with van der Waals surface area (Å²) in [6, 6.07) is 5.30. The van der Waals surface area contributed by atoms with E-state index in [4.69, 9.17) is 33.5 Å². The molecule has 0 saturated heterocycles. The van der Waals surface area contributed by atoms with Crippen molar-refractivity contribution in [3.05, 3.63) is 62.5 Å². The zero-order valence-electron chi connectivity index (χ0n) is 26.0. The molecule has 0 fully saturated rings. The first-order valence-corrected chi connectivity index (χ1v) is 15.5. The number of esters is 3. The van der Waals surface area contributed by atoms with Gasteiger partial charge in [0.15, 0.2) is 0 Å². The number of carbonyl (C=O) groups excluding carboxylic acids is 4. The van der Waals surface area contributed by atoms with E-state index in [1.54, 1.807) is 13.8 Å². The second-order valence-electron chi connectivity index (χ2n) is 10.0. The number of unbranched alkanes of at least 4 members (excludes halogenated alkanes) is 1. The number of methoxy groups -OCH3 is 1. The first-order valence-electron chi connectivity index (χ1n) is 13.9. The molecule has 0 spiro atoms. The van der Waals surface area contributed by atoms with Crippen LogP contribution in [0.4, 0.5) is 10.5 Å². The zero-order valence-corrected chi connectivity index (χ0v) is 26.9. The number of carbonyl (C=O) groups is 4. The molecule has 47 heavy (non-hydrogen) atoms. The summed E-state index contributed by atoms with van der Waals surface area (Å²) in [6.07, 6.45) is -1.61. The molecular formula is C28H38KN2O15P. The Morgan fingerprint density at radius 1 is 0.979 bits per heavy atom. The number of hydrogen-bond donors (Lipinski definition) is 2. The number of allylic oxidation sites excluding steroid dienone is 2. The molecule has 0 radical (unpaired) electrons. The summed E-state index contributed by atoms with van der Waals surface area (Å²) in [5.74, 6) is -3.89. The van der Waals surface area contributed by atoms with E-state index in [-0.39, 0.29) is 124 Å². The monoisotopic (exact) mass is 712 g/mol. The molecule has 1 aliphatic rings. The number of phosphoric ester groups is 1. The first kappa shape index (κ1) is 42.5. The van der Waals surface area contributed by atoms with E-state index in [0.717, 1.165) is 4.90 Å². The van der Waals surface area contributed by atoms with Gasteiger partial charge >= 0.3 is 83.2 Å². The summed E-state index contributed by atoms with van der Waals surface area (Å²) in [5.41, 5.74) is -0.576. The van der Waals surface area contributed by atoms with Crippen LogP contribution in [0.1, 0.15) is 58.4 Å². The van der Waals surface area contributed by atoms with Crippen LogP contribution in [0, 0.1) is 10.1 Å². The number of nitrogens with zero attached hydrogens (tertiary/aromatic N) is 2. The van der Waals surface area contributed by atoms with Crippen LogP contribution in [0.5, 0.6) is 0 Å². The van der Waals surface area contributed by atoms with Crippen molar-refractivity contribution in [3.8, 4) is 0 Å². The van der Waals surface area contributed by atoms with Gasteiger partial charge in [0, 0.05) is 37.1 Å². The molecule has 0 aromatic heterocycles.